The van der Waals surface area contributed by atoms with Crippen LogP contribution in [0.1, 0.15) is 52.1 Å². The number of nitrogens with one attached hydrogen (secondary N) is 1. The van der Waals surface area contributed by atoms with Crippen LogP contribution in [0.15, 0.2) is 16.5 Å². The van der Waals surface area contributed by atoms with E-state index in [1.54, 1.807) is 0 Å². The van der Waals surface area contributed by atoms with Gasteiger partial charge in [0.1, 0.15) is 17.1 Å². The van der Waals surface area contributed by atoms with Crippen molar-refractivity contribution in [1.82, 2.24) is 10.2 Å². The molecule has 5 nitrogen and oxygen atoms in total. The molecule has 1 aromatic heterocycles. The molecule has 1 aromatic rings. The van der Waals surface area contributed by atoms with Gasteiger partial charge in [-0.2, -0.15) is 0 Å². The van der Waals surface area contributed by atoms with Gasteiger partial charge < -0.3 is 19.4 Å². The second kappa shape index (κ2) is 7.86. The van der Waals surface area contributed by atoms with Crippen molar-refractivity contribution in [2.75, 3.05) is 19.6 Å². The van der Waals surface area contributed by atoms with Gasteiger partial charge in [-0.05, 0) is 51.7 Å². The van der Waals surface area contributed by atoms with Crippen LogP contribution in [-0.2, 0) is 17.7 Å². The lowest BCUT2D eigenvalue weighted by Gasteiger charge is -2.34. The summed E-state index contributed by atoms with van der Waals surface area (Å²) in [5.74, 6) is 2.47. The van der Waals surface area contributed by atoms with E-state index in [0.29, 0.717) is 5.92 Å². The molecule has 1 amide bonds. The number of amides is 1. The molecule has 2 heterocycles. The molecule has 1 aliphatic rings. The molecular weight excluding hydrogens is 292 g/mol. The lowest BCUT2D eigenvalue weighted by molar-refractivity contribution is 0.0166. The van der Waals surface area contributed by atoms with Gasteiger partial charge in [-0.25, -0.2) is 4.79 Å². The molecule has 0 spiro atoms. The lowest BCUT2D eigenvalue weighted by atomic mass is 9.98. The molecule has 0 bridgehead atoms. The first kappa shape index (κ1) is 17.9. The molecular formula is C18H30N2O3. The number of rotatable bonds is 5. The van der Waals surface area contributed by atoms with E-state index in [1.165, 1.54) is 0 Å². The third-order valence-electron chi connectivity index (χ3n) is 3.97. The standard InChI is InChI=1S/C18H30N2O3/c1-5-15-8-9-16(22-15)12-19-11-14-7-6-10-20(13-14)17(21)23-18(2,3)4/h8-9,14,19H,5-7,10-13H2,1-4H3. The highest BCUT2D eigenvalue weighted by Gasteiger charge is 2.27. The number of piperidine rings is 1. The largest absolute Gasteiger partial charge is 0.465 e. The average Bonchev–Trinajstić information content (AvgIpc) is 2.94. The van der Waals surface area contributed by atoms with Crippen molar-refractivity contribution in [3.05, 3.63) is 23.7 Å². The monoisotopic (exact) mass is 322 g/mol. The summed E-state index contributed by atoms with van der Waals surface area (Å²) >= 11 is 0. The quantitative estimate of drug-likeness (QED) is 0.900. The number of likely N-dealkylation sites (tertiary alicyclic amines) is 1. The van der Waals surface area contributed by atoms with Crippen molar-refractivity contribution in [3.8, 4) is 0 Å². The maximum Gasteiger partial charge on any atom is 0.410 e. The fourth-order valence-electron chi connectivity index (χ4n) is 2.83. The molecule has 23 heavy (non-hydrogen) atoms. The molecule has 1 aliphatic heterocycles. The Bertz CT molecular complexity index is 505. The Morgan fingerprint density at radius 1 is 1.39 bits per heavy atom. The number of hydrogen-bond donors (Lipinski definition) is 1. The van der Waals surface area contributed by atoms with Crippen molar-refractivity contribution >= 4 is 6.09 Å². The van der Waals surface area contributed by atoms with Crippen molar-refractivity contribution in [3.63, 3.8) is 0 Å². The minimum atomic E-state index is -0.432. The van der Waals surface area contributed by atoms with E-state index in [2.05, 4.69) is 12.2 Å². The molecule has 1 unspecified atom stereocenters. The number of aryl methyl sites for hydroxylation is 1. The first-order chi connectivity index (χ1) is 10.9. The number of ether oxygens (including phenoxy) is 1. The summed E-state index contributed by atoms with van der Waals surface area (Å²) in [4.78, 5) is 14.0. The number of nitrogens with zero attached hydrogens (tertiary/aromatic N) is 1. The Hall–Kier alpha value is -1.49. The van der Waals surface area contributed by atoms with Crippen LogP contribution in [0.2, 0.25) is 0 Å². The first-order valence-electron chi connectivity index (χ1n) is 8.63. The van der Waals surface area contributed by atoms with Gasteiger partial charge in [-0.15, -0.1) is 0 Å². The summed E-state index contributed by atoms with van der Waals surface area (Å²) in [6, 6.07) is 4.06. The normalized spacial score (nSPS) is 19.0. The summed E-state index contributed by atoms with van der Waals surface area (Å²) in [7, 11) is 0. The number of hydrogen-bond acceptors (Lipinski definition) is 4. The van der Waals surface area contributed by atoms with Crippen molar-refractivity contribution in [1.29, 1.82) is 0 Å². The van der Waals surface area contributed by atoms with Gasteiger partial charge in [0.2, 0.25) is 0 Å². The molecule has 2 rings (SSSR count). The van der Waals surface area contributed by atoms with Crippen LogP contribution in [0.4, 0.5) is 4.79 Å². The summed E-state index contributed by atoms with van der Waals surface area (Å²) in [5, 5.41) is 3.44. The Labute approximate surface area is 139 Å². The number of carbonyl (C=O) groups excluding carboxylic acids is 1. The van der Waals surface area contributed by atoms with Gasteiger partial charge in [-0.3, -0.25) is 0 Å². The highest BCUT2D eigenvalue weighted by molar-refractivity contribution is 5.68. The van der Waals surface area contributed by atoms with Crippen LogP contribution in [0.5, 0.6) is 0 Å². The molecule has 1 N–H and O–H groups in total. The van der Waals surface area contributed by atoms with Gasteiger partial charge in [-0.1, -0.05) is 6.92 Å². The summed E-state index contributed by atoms with van der Waals surface area (Å²) in [6.07, 6.45) is 2.91. The van der Waals surface area contributed by atoms with E-state index >= 15 is 0 Å². The van der Waals surface area contributed by atoms with Gasteiger partial charge in [0.15, 0.2) is 0 Å². The van der Waals surface area contributed by atoms with Crippen LogP contribution in [-0.4, -0.2) is 36.2 Å². The Morgan fingerprint density at radius 3 is 2.78 bits per heavy atom. The molecule has 0 radical (unpaired) electrons. The molecule has 1 saturated heterocycles. The zero-order chi connectivity index (χ0) is 16.9. The maximum atomic E-state index is 12.2. The Morgan fingerprint density at radius 2 is 2.13 bits per heavy atom. The van der Waals surface area contributed by atoms with Crippen molar-refractivity contribution < 1.29 is 13.9 Å². The minimum absolute atomic E-state index is 0.194. The second-order valence-electron chi connectivity index (χ2n) is 7.29. The zero-order valence-electron chi connectivity index (χ0n) is 14.9. The van der Waals surface area contributed by atoms with E-state index in [9.17, 15) is 4.79 Å². The third kappa shape index (κ3) is 5.90. The Kier molecular flexibility index (Phi) is 6.10. The Balaban J connectivity index is 1.74. The first-order valence-corrected chi connectivity index (χ1v) is 8.63. The van der Waals surface area contributed by atoms with E-state index in [0.717, 1.165) is 57.0 Å². The highest BCUT2D eigenvalue weighted by Crippen LogP contribution is 2.19. The predicted molar refractivity (Wildman–Crippen MR) is 90.3 cm³/mol. The van der Waals surface area contributed by atoms with Gasteiger partial charge >= 0.3 is 6.09 Å². The van der Waals surface area contributed by atoms with Crippen LogP contribution < -0.4 is 5.32 Å². The summed E-state index contributed by atoms with van der Waals surface area (Å²) in [5.41, 5.74) is -0.432. The molecule has 0 aromatic carbocycles. The second-order valence-corrected chi connectivity index (χ2v) is 7.29. The summed E-state index contributed by atoms with van der Waals surface area (Å²) < 4.78 is 11.2. The lowest BCUT2D eigenvalue weighted by Crippen LogP contribution is -2.44. The van der Waals surface area contributed by atoms with Crippen molar-refractivity contribution in [2.24, 2.45) is 5.92 Å². The van der Waals surface area contributed by atoms with Crippen LogP contribution in [0.3, 0.4) is 0 Å². The zero-order valence-corrected chi connectivity index (χ0v) is 14.9. The molecule has 1 atom stereocenters. The van der Waals surface area contributed by atoms with Crippen LogP contribution >= 0.6 is 0 Å². The van der Waals surface area contributed by atoms with Gasteiger partial charge in [0.05, 0.1) is 6.54 Å². The van der Waals surface area contributed by atoms with Gasteiger partial charge in [0, 0.05) is 26.1 Å². The fourth-order valence-corrected chi connectivity index (χ4v) is 2.83. The average molecular weight is 322 g/mol. The van der Waals surface area contributed by atoms with E-state index < -0.39 is 5.60 Å². The minimum Gasteiger partial charge on any atom is -0.465 e. The molecule has 1 fully saturated rings. The predicted octanol–water partition coefficient (Wildman–Crippen LogP) is 3.58. The van der Waals surface area contributed by atoms with Crippen molar-refractivity contribution in [2.45, 2.75) is 59.1 Å². The maximum absolute atomic E-state index is 12.2. The van der Waals surface area contributed by atoms with Crippen LogP contribution in [0.25, 0.3) is 0 Å². The number of furan rings is 1. The molecule has 0 aliphatic carbocycles. The smallest absolute Gasteiger partial charge is 0.410 e. The SMILES string of the molecule is CCc1ccc(CNCC2CCCN(C(=O)OC(C)(C)C)C2)o1. The summed E-state index contributed by atoms with van der Waals surface area (Å²) in [6.45, 7) is 11.0. The van der Waals surface area contributed by atoms with E-state index in [4.69, 9.17) is 9.15 Å². The van der Waals surface area contributed by atoms with Crippen LogP contribution in [0, 0.1) is 5.92 Å². The third-order valence-corrected chi connectivity index (χ3v) is 3.97. The molecule has 130 valence electrons. The van der Waals surface area contributed by atoms with Gasteiger partial charge in [0.25, 0.3) is 0 Å². The molecule has 5 heteroatoms. The van der Waals surface area contributed by atoms with E-state index in [-0.39, 0.29) is 6.09 Å². The topological polar surface area (TPSA) is 54.7 Å². The van der Waals surface area contributed by atoms with E-state index in [1.807, 2.05) is 37.8 Å². The fraction of sp³-hybridized carbons (Fsp3) is 0.722. The highest BCUT2D eigenvalue weighted by atomic mass is 16.6. The molecule has 0 saturated carbocycles. The number of carbonyl (C=O) groups is 1.